The molecule has 0 fully saturated rings. The molecule has 0 saturated heterocycles. The Kier molecular flexibility index (Phi) is 4.66. The number of aliphatic imine (C=N–C) groups is 1. The molecule has 0 aliphatic carbocycles. The van der Waals surface area contributed by atoms with E-state index in [1.807, 2.05) is 32.0 Å². The average Bonchev–Trinajstić information content (AvgIpc) is 2.56. The Labute approximate surface area is 140 Å². The lowest BCUT2D eigenvalue weighted by atomic mass is 10.1. The van der Waals surface area contributed by atoms with Crippen molar-refractivity contribution in [2.75, 3.05) is 12.1 Å². The minimum Gasteiger partial charge on any atom is -0.467 e. The molecule has 1 aliphatic rings. The molecule has 0 amide bonds. The summed E-state index contributed by atoms with van der Waals surface area (Å²) in [4.78, 5) is 4.29. The molecular formula is C18H20FN3O2. The highest BCUT2D eigenvalue weighted by Crippen LogP contribution is 2.29. The average molecular weight is 329 g/mol. The fourth-order valence-corrected chi connectivity index (χ4v) is 2.55. The minimum atomic E-state index is -0.339. The van der Waals surface area contributed by atoms with Gasteiger partial charge >= 0.3 is 0 Å². The Balaban J connectivity index is 1.75. The molecule has 0 aromatic heterocycles. The molecule has 0 radical (unpaired) electrons. The number of anilines is 1. The summed E-state index contributed by atoms with van der Waals surface area (Å²) in [7, 11) is 0. The van der Waals surface area contributed by atoms with Gasteiger partial charge in [-0.3, -0.25) is 0 Å². The number of nitrogens with zero attached hydrogens (tertiary/aromatic N) is 1. The van der Waals surface area contributed by atoms with Crippen LogP contribution < -0.4 is 15.8 Å². The number of nitrogens with one attached hydrogen (secondary N) is 1. The van der Waals surface area contributed by atoms with Gasteiger partial charge in [-0.25, -0.2) is 9.38 Å². The molecular weight excluding hydrogens is 309 g/mol. The first-order valence-corrected chi connectivity index (χ1v) is 7.69. The number of benzene rings is 2. The largest absolute Gasteiger partial charge is 0.467 e. The Morgan fingerprint density at radius 1 is 1.25 bits per heavy atom. The highest BCUT2D eigenvalue weighted by Gasteiger charge is 2.16. The van der Waals surface area contributed by atoms with Crippen LogP contribution in [0.4, 0.5) is 10.1 Å². The van der Waals surface area contributed by atoms with Crippen molar-refractivity contribution in [2.45, 2.75) is 27.0 Å². The van der Waals surface area contributed by atoms with E-state index in [0.717, 1.165) is 5.69 Å². The van der Waals surface area contributed by atoms with Gasteiger partial charge in [-0.1, -0.05) is 6.07 Å². The second kappa shape index (κ2) is 6.88. The van der Waals surface area contributed by atoms with E-state index in [-0.39, 0.29) is 25.1 Å². The van der Waals surface area contributed by atoms with Crippen LogP contribution in [-0.4, -0.2) is 12.8 Å². The van der Waals surface area contributed by atoms with Crippen molar-refractivity contribution < 1.29 is 13.9 Å². The summed E-state index contributed by atoms with van der Waals surface area (Å²) in [5.74, 6) is 0.558. The third-order valence-electron chi connectivity index (χ3n) is 3.95. The zero-order valence-corrected chi connectivity index (χ0v) is 13.7. The first-order valence-electron chi connectivity index (χ1n) is 7.69. The molecule has 1 heterocycles. The number of ether oxygens (including phenoxy) is 2. The molecule has 0 atom stereocenters. The lowest BCUT2D eigenvalue weighted by Crippen LogP contribution is -2.23. The lowest BCUT2D eigenvalue weighted by Gasteiger charge is -2.20. The van der Waals surface area contributed by atoms with E-state index in [1.165, 1.54) is 23.3 Å². The van der Waals surface area contributed by atoms with E-state index < -0.39 is 0 Å². The van der Waals surface area contributed by atoms with Crippen LogP contribution in [0.5, 0.6) is 5.75 Å². The second-order valence-electron chi connectivity index (χ2n) is 5.79. The monoisotopic (exact) mass is 329 g/mol. The molecule has 0 saturated carbocycles. The van der Waals surface area contributed by atoms with E-state index >= 15 is 0 Å². The zero-order chi connectivity index (χ0) is 17.1. The first kappa shape index (κ1) is 16.3. The molecule has 3 N–H and O–H groups in total. The van der Waals surface area contributed by atoms with Crippen LogP contribution in [0.15, 0.2) is 35.3 Å². The van der Waals surface area contributed by atoms with Crippen molar-refractivity contribution in [3.05, 3.63) is 58.4 Å². The fourth-order valence-electron chi connectivity index (χ4n) is 2.55. The molecule has 24 heavy (non-hydrogen) atoms. The van der Waals surface area contributed by atoms with Gasteiger partial charge < -0.3 is 20.5 Å². The third-order valence-corrected chi connectivity index (χ3v) is 3.95. The number of guanidine groups is 1. The Bertz CT molecular complexity index is 790. The molecule has 3 rings (SSSR count). The smallest absolute Gasteiger partial charge is 0.193 e. The molecule has 0 spiro atoms. The Hall–Kier alpha value is -2.60. The number of rotatable bonds is 3. The van der Waals surface area contributed by atoms with E-state index in [1.54, 1.807) is 0 Å². The van der Waals surface area contributed by atoms with Crippen LogP contribution in [0.2, 0.25) is 0 Å². The van der Waals surface area contributed by atoms with Gasteiger partial charge in [0.25, 0.3) is 0 Å². The van der Waals surface area contributed by atoms with E-state index in [4.69, 9.17) is 15.2 Å². The molecule has 2 aromatic carbocycles. The molecule has 1 aliphatic heterocycles. The number of halogens is 1. The summed E-state index contributed by atoms with van der Waals surface area (Å²) >= 11 is 0. The number of hydrogen-bond donors (Lipinski definition) is 2. The Morgan fingerprint density at radius 2 is 2.08 bits per heavy atom. The van der Waals surface area contributed by atoms with Gasteiger partial charge in [0.15, 0.2) is 12.8 Å². The summed E-state index contributed by atoms with van der Waals surface area (Å²) in [5, 5.41) is 3.04. The standard InChI is InChI=1S/C18H20FN3O2/c1-11-3-4-16(5-12(11)2)22-18(20)21-8-13-6-15(19)7-14-9-23-10-24-17(13)14/h3-7H,8-10H2,1-2H3,(H3,20,21,22). The normalized spacial score (nSPS) is 14.0. The van der Waals surface area contributed by atoms with Crippen LogP contribution in [0.25, 0.3) is 0 Å². The van der Waals surface area contributed by atoms with Gasteiger partial charge in [0.2, 0.25) is 0 Å². The molecule has 2 aromatic rings. The number of fused-ring (bicyclic) bond motifs is 1. The number of hydrogen-bond acceptors (Lipinski definition) is 3. The predicted molar refractivity (Wildman–Crippen MR) is 91.5 cm³/mol. The summed E-state index contributed by atoms with van der Waals surface area (Å²) in [6.45, 7) is 4.80. The quantitative estimate of drug-likeness (QED) is 0.670. The number of aryl methyl sites for hydroxylation is 2. The van der Waals surface area contributed by atoms with Crippen molar-refractivity contribution in [3.8, 4) is 5.75 Å². The predicted octanol–water partition coefficient (Wildman–Crippen LogP) is 3.24. The zero-order valence-electron chi connectivity index (χ0n) is 13.7. The summed E-state index contributed by atoms with van der Waals surface area (Å²) in [6, 6.07) is 8.79. The van der Waals surface area contributed by atoms with Gasteiger partial charge in [0, 0.05) is 16.8 Å². The summed E-state index contributed by atoms with van der Waals surface area (Å²) in [5.41, 5.74) is 10.5. The maximum atomic E-state index is 13.7. The van der Waals surface area contributed by atoms with Crippen LogP contribution in [0.1, 0.15) is 22.3 Å². The minimum absolute atomic E-state index is 0.158. The van der Waals surface area contributed by atoms with Crippen molar-refractivity contribution in [1.82, 2.24) is 0 Å². The van der Waals surface area contributed by atoms with Gasteiger partial charge in [0.1, 0.15) is 11.6 Å². The van der Waals surface area contributed by atoms with Crippen molar-refractivity contribution in [3.63, 3.8) is 0 Å². The maximum Gasteiger partial charge on any atom is 0.193 e. The molecule has 6 heteroatoms. The van der Waals surface area contributed by atoms with Gasteiger partial charge in [-0.05, 0) is 49.2 Å². The van der Waals surface area contributed by atoms with Crippen LogP contribution in [0, 0.1) is 19.7 Å². The summed E-state index contributed by atoms with van der Waals surface area (Å²) in [6.07, 6.45) is 0. The van der Waals surface area contributed by atoms with Crippen LogP contribution in [-0.2, 0) is 17.9 Å². The highest BCUT2D eigenvalue weighted by atomic mass is 19.1. The van der Waals surface area contributed by atoms with Crippen molar-refractivity contribution in [1.29, 1.82) is 0 Å². The summed E-state index contributed by atoms with van der Waals surface area (Å²) < 4.78 is 24.3. The second-order valence-corrected chi connectivity index (χ2v) is 5.79. The highest BCUT2D eigenvalue weighted by molar-refractivity contribution is 5.92. The molecule has 0 bridgehead atoms. The maximum absolute atomic E-state index is 13.7. The molecule has 126 valence electrons. The fraction of sp³-hybridized carbons (Fsp3) is 0.278. The number of nitrogens with two attached hydrogens (primary N) is 1. The van der Waals surface area contributed by atoms with Crippen LogP contribution >= 0.6 is 0 Å². The lowest BCUT2D eigenvalue weighted by molar-refractivity contribution is -0.0172. The molecule has 0 unspecified atom stereocenters. The van der Waals surface area contributed by atoms with Crippen LogP contribution in [0.3, 0.4) is 0 Å². The topological polar surface area (TPSA) is 68.9 Å². The Morgan fingerprint density at radius 3 is 2.88 bits per heavy atom. The van der Waals surface area contributed by atoms with Gasteiger partial charge in [0.05, 0.1) is 13.2 Å². The third kappa shape index (κ3) is 3.65. The van der Waals surface area contributed by atoms with E-state index in [2.05, 4.69) is 10.3 Å². The van der Waals surface area contributed by atoms with Crippen molar-refractivity contribution >= 4 is 11.6 Å². The van der Waals surface area contributed by atoms with Crippen molar-refractivity contribution in [2.24, 2.45) is 10.7 Å². The van der Waals surface area contributed by atoms with Gasteiger partial charge in [-0.2, -0.15) is 0 Å². The van der Waals surface area contributed by atoms with E-state index in [0.29, 0.717) is 23.5 Å². The first-order chi connectivity index (χ1) is 11.5. The van der Waals surface area contributed by atoms with E-state index in [9.17, 15) is 4.39 Å². The van der Waals surface area contributed by atoms with Gasteiger partial charge in [-0.15, -0.1) is 0 Å². The SMILES string of the molecule is Cc1ccc(NC(N)=NCc2cc(F)cc3c2OCOC3)cc1C. The molecule has 5 nitrogen and oxygen atoms in total.